The number of benzene rings is 1. The van der Waals surface area contributed by atoms with E-state index in [2.05, 4.69) is 10.1 Å². The normalized spacial score (nSPS) is 10.7. The SMILES string of the molecule is CCOc1ccc(-c2nn3cccnc3c2C(=O)O)cc1. The maximum atomic E-state index is 11.5. The number of ether oxygens (including phenoxy) is 1. The number of nitrogens with zero attached hydrogens (tertiary/aromatic N) is 3. The van der Waals surface area contributed by atoms with E-state index >= 15 is 0 Å². The Kier molecular flexibility index (Phi) is 3.27. The maximum Gasteiger partial charge on any atom is 0.341 e. The molecule has 3 aromatic rings. The third-order valence-electron chi connectivity index (χ3n) is 3.05. The molecular weight excluding hydrogens is 270 g/mol. The van der Waals surface area contributed by atoms with Gasteiger partial charge in [0.2, 0.25) is 0 Å². The average molecular weight is 283 g/mol. The Balaban J connectivity index is 2.15. The van der Waals surface area contributed by atoms with Gasteiger partial charge in [-0.05, 0) is 37.3 Å². The number of rotatable bonds is 4. The third-order valence-corrected chi connectivity index (χ3v) is 3.05. The van der Waals surface area contributed by atoms with Crippen molar-refractivity contribution in [1.29, 1.82) is 0 Å². The van der Waals surface area contributed by atoms with Gasteiger partial charge in [-0.2, -0.15) is 5.10 Å². The minimum atomic E-state index is -1.05. The smallest absolute Gasteiger partial charge is 0.341 e. The Morgan fingerprint density at radius 3 is 2.76 bits per heavy atom. The number of hydrogen-bond donors (Lipinski definition) is 1. The van der Waals surface area contributed by atoms with Crippen LogP contribution in [0.25, 0.3) is 16.9 Å². The molecule has 106 valence electrons. The summed E-state index contributed by atoms with van der Waals surface area (Å²) in [5.74, 6) is -0.312. The molecule has 2 heterocycles. The van der Waals surface area contributed by atoms with Crippen molar-refractivity contribution in [3.05, 3.63) is 48.3 Å². The van der Waals surface area contributed by atoms with Crippen LogP contribution in [-0.4, -0.2) is 32.3 Å². The van der Waals surface area contributed by atoms with Gasteiger partial charge >= 0.3 is 5.97 Å². The van der Waals surface area contributed by atoms with Gasteiger partial charge in [-0.15, -0.1) is 0 Å². The molecule has 0 amide bonds. The Bertz CT molecular complexity index is 794. The molecule has 0 unspecified atom stereocenters. The highest BCUT2D eigenvalue weighted by Gasteiger charge is 2.21. The van der Waals surface area contributed by atoms with Crippen LogP contribution in [0.3, 0.4) is 0 Å². The van der Waals surface area contributed by atoms with E-state index in [1.165, 1.54) is 4.52 Å². The van der Waals surface area contributed by atoms with Gasteiger partial charge in [0.05, 0.1) is 6.61 Å². The zero-order chi connectivity index (χ0) is 14.8. The molecule has 0 bridgehead atoms. The number of carboxylic acids is 1. The molecule has 6 heteroatoms. The molecule has 0 saturated heterocycles. The van der Waals surface area contributed by atoms with Crippen LogP contribution in [0, 0.1) is 0 Å². The molecule has 2 aromatic heterocycles. The number of carbonyl (C=O) groups is 1. The Morgan fingerprint density at radius 2 is 2.10 bits per heavy atom. The van der Waals surface area contributed by atoms with Gasteiger partial charge in [0.1, 0.15) is 17.0 Å². The molecule has 0 spiro atoms. The van der Waals surface area contributed by atoms with E-state index in [0.29, 0.717) is 23.5 Å². The zero-order valence-corrected chi connectivity index (χ0v) is 11.4. The van der Waals surface area contributed by atoms with Crippen LogP contribution in [0.1, 0.15) is 17.3 Å². The maximum absolute atomic E-state index is 11.5. The summed E-state index contributed by atoms with van der Waals surface area (Å²) in [6.45, 7) is 2.49. The summed E-state index contributed by atoms with van der Waals surface area (Å²) in [5, 5.41) is 13.7. The van der Waals surface area contributed by atoms with Crippen molar-refractivity contribution < 1.29 is 14.6 Å². The van der Waals surface area contributed by atoms with Crippen LogP contribution in [0.5, 0.6) is 5.75 Å². The van der Waals surface area contributed by atoms with Gasteiger partial charge < -0.3 is 9.84 Å². The Morgan fingerprint density at radius 1 is 1.33 bits per heavy atom. The fourth-order valence-corrected chi connectivity index (χ4v) is 2.16. The van der Waals surface area contributed by atoms with Crippen LogP contribution in [-0.2, 0) is 0 Å². The first-order chi connectivity index (χ1) is 10.2. The highest BCUT2D eigenvalue weighted by atomic mass is 16.5. The largest absolute Gasteiger partial charge is 0.494 e. The van der Waals surface area contributed by atoms with Crippen molar-refractivity contribution in [2.45, 2.75) is 6.92 Å². The molecule has 3 rings (SSSR count). The summed E-state index contributed by atoms with van der Waals surface area (Å²) >= 11 is 0. The van der Waals surface area contributed by atoms with E-state index in [1.54, 1.807) is 42.7 Å². The molecule has 0 atom stereocenters. The summed E-state index contributed by atoms with van der Waals surface area (Å²) in [7, 11) is 0. The van der Waals surface area contributed by atoms with E-state index in [9.17, 15) is 9.90 Å². The van der Waals surface area contributed by atoms with Gasteiger partial charge in [0.25, 0.3) is 0 Å². The highest BCUT2D eigenvalue weighted by Crippen LogP contribution is 2.26. The molecule has 1 aromatic carbocycles. The van der Waals surface area contributed by atoms with E-state index in [1.807, 2.05) is 6.92 Å². The zero-order valence-electron chi connectivity index (χ0n) is 11.4. The van der Waals surface area contributed by atoms with Crippen molar-refractivity contribution in [3.8, 4) is 17.0 Å². The monoisotopic (exact) mass is 283 g/mol. The number of fused-ring (bicyclic) bond motifs is 1. The van der Waals surface area contributed by atoms with Crippen LogP contribution < -0.4 is 4.74 Å². The molecule has 0 saturated carbocycles. The first-order valence-corrected chi connectivity index (χ1v) is 6.50. The molecule has 0 radical (unpaired) electrons. The Labute approximate surface area is 120 Å². The lowest BCUT2D eigenvalue weighted by atomic mass is 10.1. The van der Waals surface area contributed by atoms with Crippen molar-refractivity contribution in [3.63, 3.8) is 0 Å². The fourth-order valence-electron chi connectivity index (χ4n) is 2.16. The first kappa shape index (κ1) is 13.1. The van der Waals surface area contributed by atoms with Gasteiger partial charge in [0, 0.05) is 18.0 Å². The lowest BCUT2D eigenvalue weighted by Crippen LogP contribution is -1.99. The summed E-state index contributed by atoms with van der Waals surface area (Å²) < 4.78 is 6.85. The topological polar surface area (TPSA) is 76.7 Å². The van der Waals surface area contributed by atoms with Crippen LogP contribution in [0.4, 0.5) is 0 Å². The number of carboxylic acid groups (broad SMARTS) is 1. The fraction of sp³-hybridized carbons (Fsp3) is 0.133. The van der Waals surface area contributed by atoms with Crippen molar-refractivity contribution in [2.75, 3.05) is 6.61 Å². The minimum Gasteiger partial charge on any atom is -0.494 e. The van der Waals surface area contributed by atoms with Crippen molar-refractivity contribution in [2.24, 2.45) is 0 Å². The van der Waals surface area contributed by atoms with E-state index in [0.717, 1.165) is 5.75 Å². The van der Waals surface area contributed by atoms with E-state index < -0.39 is 5.97 Å². The standard InChI is InChI=1S/C15H13N3O3/c1-2-21-11-6-4-10(5-7-11)13-12(15(19)20)14-16-8-3-9-18(14)17-13/h3-9H,2H2,1H3,(H,19,20). The van der Waals surface area contributed by atoms with E-state index in [4.69, 9.17) is 4.74 Å². The third kappa shape index (κ3) is 2.31. The quantitative estimate of drug-likeness (QED) is 0.796. The van der Waals surface area contributed by atoms with Crippen molar-refractivity contribution in [1.82, 2.24) is 14.6 Å². The van der Waals surface area contributed by atoms with E-state index in [-0.39, 0.29) is 5.56 Å². The van der Waals surface area contributed by atoms with Gasteiger partial charge in [-0.25, -0.2) is 14.3 Å². The highest BCUT2D eigenvalue weighted by molar-refractivity contribution is 6.01. The summed E-state index contributed by atoms with van der Waals surface area (Å²) in [4.78, 5) is 15.6. The molecule has 1 N–H and O–H groups in total. The summed E-state index contributed by atoms with van der Waals surface area (Å²) in [5.41, 5.74) is 1.53. The summed E-state index contributed by atoms with van der Waals surface area (Å²) in [6, 6.07) is 8.87. The molecule has 0 aliphatic rings. The van der Waals surface area contributed by atoms with Crippen LogP contribution in [0.15, 0.2) is 42.7 Å². The molecule has 6 nitrogen and oxygen atoms in total. The Hall–Kier alpha value is -2.89. The van der Waals surface area contributed by atoms with Crippen LogP contribution >= 0.6 is 0 Å². The van der Waals surface area contributed by atoms with Crippen LogP contribution in [0.2, 0.25) is 0 Å². The summed E-state index contributed by atoms with van der Waals surface area (Å²) in [6.07, 6.45) is 3.22. The van der Waals surface area contributed by atoms with Gasteiger partial charge in [-0.1, -0.05) is 0 Å². The molecular formula is C15H13N3O3. The molecule has 0 aliphatic heterocycles. The number of hydrogen-bond acceptors (Lipinski definition) is 4. The average Bonchev–Trinajstić information content (AvgIpc) is 2.88. The number of aromatic nitrogens is 3. The van der Waals surface area contributed by atoms with Gasteiger partial charge in [-0.3, -0.25) is 0 Å². The van der Waals surface area contributed by atoms with Gasteiger partial charge in [0.15, 0.2) is 5.65 Å². The molecule has 21 heavy (non-hydrogen) atoms. The molecule has 0 aliphatic carbocycles. The second kappa shape index (κ2) is 5.24. The number of aromatic carboxylic acids is 1. The predicted molar refractivity (Wildman–Crippen MR) is 76.6 cm³/mol. The molecule has 0 fully saturated rings. The van der Waals surface area contributed by atoms with Crippen molar-refractivity contribution >= 4 is 11.6 Å². The minimum absolute atomic E-state index is 0.0970. The second-order valence-electron chi connectivity index (χ2n) is 4.37. The first-order valence-electron chi connectivity index (χ1n) is 6.50. The second-order valence-corrected chi connectivity index (χ2v) is 4.37. The lowest BCUT2D eigenvalue weighted by molar-refractivity contribution is 0.0699. The predicted octanol–water partition coefficient (Wildman–Crippen LogP) is 2.49. The lowest BCUT2D eigenvalue weighted by Gasteiger charge is -2.03.